The van der Waals surface area contributed by atoms with Crippen molar-refractivity contribution in [3.8, 4) is 11.8 Å². The van der Waals surface area contributed by atoms with E-state index in [0.29, 0.717) is 29.5 Å². The van der Waals surface area contributed by atoms with Crippen LogP contribution in [0, 0.1) is 17.2 Å². The van der Waals surface area contributed by atoms with E-state index in [1.165, 1.54) is 18.2 Å². The smallest absolute Gasteiger partial charge is 0.339 e. The van der Waals surface area contributed by atoms with E-state index in [4.69, 9.17) is 5.26 Å². The first-order valence-electron chi connectivity index (χ1n) is 10.7. The largest absolute Gasteiger partial charge is 0.507 e. The Hall–Kier alpha value is -4.26. The monoisotopic (exact) mass is 443 g/mol. The Kier molecular flexibility index (Phi) is 5.22. The second kappa shape index (κ2) is 8.35. The molecule has 33 heavy (non-hydrogen) atoms. The lowest BCUT2D eigenvalue weighted by atomic mass is 9.84. The van der Waals surface area contributed by atoms with Gasteiger partial charge in [0.25, 0.3) is 5.95 Å². The molecule has 3 N–H and O–H groups in total. The number of hydrogen-bond acceptors (Lipinski definition) is 7. The molecule has 10 nitrogen and oxygen atoms in total. The summed E-state index contributed by atoms with van der Waals surface area (Å²) < 4.78 is 2.10. The predicted octanol–water partition coefficient (Wildman–Crippen LogP) is 5.38. The Morgan fingerprint density at radius 2 is 2.06 bits per heavy atom. The third-order valence-corrected chi connectivity index (χ3v) is 6.24. The SMILES string of the molecule is N#CCC1CCC(n2c(/N=N/c3ccc(O)c(C(=O)O)c3)nc3cnc4[nH]ccc4c32)CC1. The fourth-order valence-corrected chi connectivity index (χ4v) is 4.59. The Balaban J connectivity index is 1.58. The van der Waals surface area contributed by atoms with E-state index in [9.17, 15) is 15.0 Å². The molecule has 0 spiro atoms. The maximum Gasteiger partial charge on any atom is 0.339 e. The number of hydrogen-bond donors (Lipinski definition) is 3. The molecule has 0 saturated heterocycles. The van der Waals surface area contributed by atoms with Crippen LogP contribution in [-0.2, 0) is 0 Å². The Labute approximate surface area is 188 Å². The highest BCUT2D eigenvalue weighted by molar-refractivity contribution is 6.02. The van der Waals surface area contributed by atoms with Crippen LogP contribution in [0.1, 0.15) is 48.5 Å². The van der Waals surface area contributed by atoms with Gasteiger partial charge in [-0.3, -0.25) is 0 Å². The zero-order valence-corrected chi connectivity index (χ0v) is 17.6. The van der Waals surface area contributed by atoms with Crippen molar-refractivity contribution in [1.29, 1.82) is 5.26 Å². The molecule has 5 rings (SSSR count). The molecule has 3 aromatic heterocycles. The number of phenols is 1. The van der Waals surface area contributed by atoms with Gasteiger partial charge in [0.2, 0.25) is 0 Å². The number of carboxylic acids is 1. The van der Waals surface area contributed by atoms with Gasteiger partial charge in [-0.1, -0.05) is 0 Å². The summed E-state index contributed by atoms with van der Waals surface area (Å²) in [5.41, 5.74) is 2.44. The number of nitrogens with zero attached hydrogens (tertiary/aromatic N) is 6. The molecule has 0 aliphatic heterocycles. The van der Waals surface area contributed by atoms with Crippen LogP contribution in [-0.4, -0.2) is 35.7 Å². The van der Waals surface area contributed by atoms with Crippen LogP contribution < -0.4 is 0 Å². The van der Waals surface area contributed by atoms with Gasteiger partial charge in [-0.25, -0.2) is 14.8 Å². The molecule has 4 aromatic rings. The summed E-state index contributed by atoms with van der Waals surface area (Å²) in [5.74, 6) is -0.753. The number of aromatic amines is 1. The summed E-state index contributed by atoms with van der Waals surface area (Å²) >= 11 is 0. The lowest BCUT2D eigenvalue weighted by molar-refractivity contribution is 0.0693. The minimum Gasteiger partial charge on any atom is -0.507 e. The van der Waals surface area contributed by atoms with Crippen LogP contribution in [0.15, 0.2) is 46.9 Å². The summed E-state index contributed by atoms with van der Waals surface area (Å²) in [7, 11) is 0. The lowest BCUT2D eigenvalue weighted by Gasteiger charge is -2.29. The van der Waals surface area contributed by atoms with E-state index < -0.39 is 5.97 Å². The lowest BCUT2D eigenvalue weighted by Crippen LogP contribution is -2.18. The molecule has 10 heteroatoms. The third kappa shape index (κ3) is 3.78. The predicted molar refractivity (Wildman–Crippen MR) is 120 cm³/mol. The first-order chi connectivity index (χ1) is 16.0. The second-order valence-electron chi connectivity index (χ2n) is 8.26. The van der Waals surface area contributed by atoms with Crippen LogP contribution in [0.3, 0.4) is 0 Å². The number of carbonyl (C=O) groups is 1. The van der Waals surface area contributed by atoms with E-state index >= 15 is 0 Å². The maximum absolute atomic E-state index is 11.3. The zero-order chi connectivity index (χ0) is 22.9. The van der Waals surface area contributed by atoms with Crippen molar-refractivity contribution in [2.45, 2.75) is 38.1 Å². The Morgan fingerprint density at radius 3 is 2.82 bits per heavy atom. The van der Waals surface area contributed by atoms with Crippen molar-refractivity contribution >= 4 is 39.7 Å². The number of nitriles is 1. The average molecular weight is 443 g/mol. The van der Waals surface area contributed by atoms with Gasteiger partial charge in [0.05, 0.1) is 23.5 Å². The molecular formula is C23H21N7O3. The first kappa shape index (κ1) is 20.6. The van der Waals surface area contributed by atoms with Crippen LogP contribution in [0.25, 0.3) is 22.1 Å². The molecule has 1 aliphatic carbocycles. The van der Waals surface area contributed by atoms with Crippen LogP contribution in [0.2, 0.25) is 0 Å². The van der Waals surface area contributed by atoms with E-state index in [1.807, 2.05) is 12.3 Å². The fraction of sp³-hybridized carbons (Fsp3) is 0.304. The Morgan fingerprint density at radius 1 is 1.24 bits per heavy atom. The number of imidazole rings is 1. The van der Waals surface area contributed by atoms with Gasteiger partial charge in [-0.15, -0.1) is 10.2 Å². The van der Waals surface area contributed by atoms with Crippen LogP contribution in [0.4, 0.5) is 11.6 Å². The van der Waals surface area contributed by atoms with Crippen LogP contribution >= 0.6 is 0 Å². The number of azo groups is 1. The highest BCUT2D eigenvalue weighted by atomic mass is 16.4. The molecule has 1 fully saturated rings. The third-order valence-electron chi connectivity index (χ3n) is 6.24. The minimum absolute atomic E-state index is 0.147. The number of nitrogens with one attached hydrogen (secondary N) is 1. The summed E-state index contributed by atoms with van der Waals surface area (Å²) in [4.78, 5) is 23.6. The number of H-pyrrole nitrogens is 1. The van der Waals surface area contributed by atoms with Crippen molar-refractivity contribution in [3.05, 3.63) is 42.2 Å². The fourth-order valence-electron chi connectivity index (χ4n) is 4.59. The highest BCUT2D eigenvalue weighted by Gasteiger charge is 2.27. The molecule has 1 aromatic carbocycles. The molecule has 0 bridgehead atoms. The van der Waals surface area contributed by atoms with E-state index in [-0.39, 0.29) is 17.4 Å². The van der Waals surface area contributed by atoms with Crippen molar-refractivity contribution in [2.24, 2.45) is 16.1 Å². The number of aromatic nitrogens is 4. The van der Waals surface area contributed by atoms with E-state index in [2.05, 4.69) is 35.8 Å². The normalized spacial score (nSPS) is 18.8. The first-order valence-corrected chi connectivity index (χ1v) is 10.7. The van der Waals surface area contributed by atoms with Crippen molar-refractivity contribution in [3.63, 3.8) is 0 Å². The van der Waals surface area contributed by atoms with Crippen molar-refractivity contribution in [1.82, 2.24) is 19.5 Å². The highest BCUT2D eigenvalue weighted by Crippen LogP contribution is 2.40. The Bertz CT molecular complexity index is 1420. The van der Waals surface area contributed by atoms with Gasteiger partial charge >= 0.3 is 5.97 Å². The van der Waals surface area contributed by atoms with Gasteiger partial charge in [-0.05, 0) is 55.9 Å². The topological polar surface area (TPSA) is 153 Å². The molecule has 3 heterocycles. The number of rotatable bonds is 5. The zero-order valence-electron chi connectivity index (χ0n) is 17.6. The maximum atomic E-state index is 11.3. The van der Waals surface area contributed by atoms with Crippen molar-refractivity contribution in [2.75, 3.05) is 0 Å². The second-order valence-corrected chi connectivity index (χ2v) is 8.26. The number of fused-ring (bicyclic) bond motifs is 3. The molecule has 0 unspecified atom stereocenters. The summed E-state index contributed by atoms with van der Waals surface area (Å²) in [6, 6.07) is 8.44. The molecule has 166 valence electrons. The number of pyridine rings is 1. The summed E-state index contributed by atoms with van der Waals surface area (Å²) in [5, 5.41) is 37.6. The van der Waals surface area contributed by atoms with E-state index in [1.54, 1.807) is 6.20 Å². The minimum atomic E-state index is -1.24. The standard InChI is InChI=1S/C23H21N7O3/c24-9-7-13-1-4-15(5-2-13)30-20-16-8-10-25-21(16)26-12-18(20)27-23(30)29-28-14-3-6-19(31)17(11-14)22(32)33/h3,6,8,10-13,15,31H,1-2,4-5,7H2,(H,25,26)(H,32,33)/b29-28+. The van der Waals surface area contributed by atoms with Gasteiger partial charge in [0.15, 0.2) is 0 Å². The van der Waals surface area contributed by atoms with Crippen molar-refractivity contribution < 1.29 is 15.0 Å². The average Bonchev–Trinajstić information content (AvgIpc) is 3.43. The van der Waals surface area contributed by atoms with Gasteiger partial charge in [0, 0.05) is 24.0 Å². The summed E-state index contributed by atoms with van der Waals surface area (Å²) in [6.07, 6.45) is 7.82. The number of aromatic hydroxyl groups is 1. The molecule has 1 aliphatic rings. The van der Waals surface area contributed by atoms with Gasteiger partial charge in [0.1, 0.15) is 22.5 Å². The number of benzene rings is 1. The van der Waals surface area contributed by atoms with Crippen LogP contribution in [0.5, 0.6) is 5.75 Å². The van der Waals surface area contributed by atoms with E-state index in [0.717, 1.165) is 42.2 Å². The molecule has 1 saturated carbocycles. The molecule has 0 amide bonds. The molecule has 0 atom stereocenters. The molecule has 0 radical (unpaired) electrons. The quantitative estimate of drug-likeness (QED) is 0.352. The van der Waals surface area contributed by atoms with Gasteiger partial charge < -0.3 is 19.8 Å². The summed E-state index contributed by atoms with van der Waals surface area (Å²) in [6.45, 7) is 0. The number of aromatic carboxylic acids is 1. The molecular weight excluding hydrogens is 422 g/mol. The number of carboxylic acid groups (broad SMARTS) is 1. The van der Waals surface area contributed by atoms with Gasteiger partial charge in [-0.2, -0.15) is 5.26 Å².